The molecule has 0 atom stereocenters. The van der Waals surface area contributed by atoms with E-state index in [-0.39, 0.29) is 17.0 Å². The van der Waals surface area contributed by atoms with Crippen LogP contribution < -0.4 is 31.9 Å². The van der Waals surface area contributed by atoms with Gasteiger partial charge in [0, 0.05) is 14.1 Å². The number of aryl methyl sites for hydroxylation is 1. The summed E-state index contributed by atoms with van der Waals surface area (Å²) >= 11 is 0. The fourth-order valence-electron chi connectivity index (χ4n) is 2.53. The van der Waals surface area contributed by atoms with Crippen LogP contribution in [0.3, 0.4) is 0 Å². The van der Waals surface area contributed by atoms with E-state index in [9.17, 15) is 0 Å². The summed E-state index contributed by atoms with van der Waals surface area (Å²) in [5.41, 5.74) is 5.84. The van der Waals surface area contributed by atoms with Crippen molar-refractivity contribution in [3.8, 4) is 0 Å². The molecule has 0 radical (unpaired) electrons. The van der Waals surface area contributed by atoms with Gasteiger partial charge < -0.3 is 21.9 Å². The molecule has 0 saturated heterocycles. The van der Waals surface area contributed by atoms with Gasteiger partial charge in [0.2, 0.25) is 11.3 Å². The van der Waals surface area contributed by atoms with Crippen molar-refractivity contribution in [3.05, 3.63) is 42.2 Å². The van der Waals surface area contributed by atoms with E-state index in [1.54, 1.807) is 7.11 Å². The SMILES string of the molecule is CONc1nc(N(C)C)nc2c1n(Cc1ccccc1)c[n+]2C.[Br-]. The summed E-state index contributed by atoms with van der Waals surface area (Å²) in [5.74, 6) is 1.28. The smallest absolute Gasteiger partial charge is 0.309 e. The van der Waals surface area contributed by atoms with Gasteiger partial charge in [-0.25, -0.2) is 10.0 Å². The Morgan fingerprint density at radius 1 is 1.21 bits per heavy atom. The number of anilines is 2. The molecule has 2 heterocycles. The van der Waals surface area contributed by atoms with E-state index in [0.29, 0.717) is 11.8 Å². The summed E-state index contributed by atoms with van der Waals surface area (Å²) in [6.45, 7) is 0.737. The Kier molecular flexibility index (Phi) is 5.74. The number of fused-ring (bicyclic) bond motifs is 1. The first kappa shape index (κ1) is 18.2. The quantitative estimate of drug-likeness (QED) is 0.416. The number of nitrogens with one attached hydrogen (secondary N) is 1. The maximum Gasteiger partial charge on any atom is 0.309 e. The third kappa shape index (κ3) is 3.49. The lowest BCUT2D eigenvalue weighted by Crippen LogP contribution is -3.00. The molecule has 0 aliphatic carbocycles. The van der Waals surface area contributed by atoms with E-state index < -0.39 is 0 Å². The van der Waals surface area contributed by atoms with Gasteiger partial charge in [0.25, 0.3) is 0 Å². The average Bonchev–Trinajstić information content (AvgIpc) is 2.85. The highest BCUT2D eigenvalue weighted by molar-refractivity contribution is 5.82. The third-order valence-electron chi connectivity index (χ3n) is 3.58. The van der Waals surface area contributed by atoms with Crippen LogP contribution in [0.15, 0.2) is 36.7 Å². The largest absolute Gasteiger partial charge is 1.00 e. The minimum Gasteiger partial charge on any atom is -1.00 e. The van der Waals surface area contributed by atoms with E-state index in [2.05, 4.69) is 32.1 Å². The van der Waals surface area contributed by atoms with Gasteiger partial charge in [0.05, 0.1) is 20.7 Å². The molecule has 8 heteroatoms. The molecule has 0 saturated carbocycles. The monoisotopic (exact) mass is 392 g/mol. The van der Waals surface area contributed by atoms with E-state index in [0.717, 1.165) is 17.7 Å². The van der Waals surface area contributed by atoms with Crippen molar-refractivity contribution in [3.63, 3.8) is 0 Å². The van der Waals surface area contributed by atoms with E-state index in [1.807, 2.05) is 55.1 Å². The van der Waals surface area contributed by atoms with Crippen molar-refractivity contribution >= 4 is 22.9 Å². The second-order valence-electron chi connectivity index (χ2n) is 5.58. The van der Waals surface area contributed by atoms with Gasteiger partial charge in [-0.15, -0.1) is 0 Å². The third-order valence-corrected chi connectivity index (χ3v) is 3.58. The first-order chi connectivity index (χ1) is 11.1. The maximum atomic E-state index is 5.10. The molecule has 0 unspecified atom stereocenters. The Bertz CT molecular complexity index is 818. The van der Waals surface area contributed by atoms with Crippen molar-refractivity contribution in [2.24, 2.45) is 7.05 Å². The molecule has 1 N–H and O–H groups in total. The molecule has 24 heavy (non-hydrogen) atoms. The van der Waals surface area contributed by atoms with Crippen molar-refractivity contribution in [1.82, 2.24) is 14.5 Å². The van der Waals surface area contributed by atoms with Gasteiger partial charge in [-0.1, -0.05) is 35.3 Å². The second-order valence-corrected chi connectivity index (χ2v) is 5.58. The summed E-state index contributed by atoms with van der Waals surface area (Å²) in [6.07, 6.45) is 2.02. The first-order valence-electron chi connectivity index (χ1n) is 7.37. The number of benzene rings is 1. The highest BCUT2D eigenvalue weighted by Crippen LogP contribution is 2.22. The van der Waals surface area contributed by atoms with Gasteiger partial charge in [-0.3, -0.25) is 9.40 Å². The van der Waals surface area contributed by atoms with Gasteiger partial charge in [-0.05, 0) is 5.56 Å². The Labute approximate surface area is 151 Å². The molecule has 7 nitrogen and oxygen atoms in total. The lowest BCUT2D eigenvalue weighted by atomic mass is 10.2. The number of imidazole rings is 1. The Morgan fingerprint density at radius 2 is 1.92 bits per heavy atom. The van der Waals surface area contributed by atoms with Crippen molar-refractivity contribution in [2.45, 2.75) is 6.54 Å². The van der Waals surface area contributed by atoms with Crippen LogP contribution >= 0.6 is 0 Å². The summed E-state index contributed by atoms with van der Waals surface area (Å²) in [5, 5.41) is 0. The van der Waals surface area contributed by atoms with Crippen LogP contribution in [0, 0.1) is 0 Å². The van der Waals surface area contributed by atoms with E-state index in [4.69, 9.17) is 4.84 Å². The minimum atomic E-state index is 0. The van der Waals surface area contributed by atoms with Gasteiger partial charge in [0.15, 0.2) is 6.33 Å². The highest BCUT2D eigenvalue weighted by atomic mass is 79.9. The number of rotatable bonds is 5. The van der Waals surface area contributed by atoms with Gasteiger partial charge in [-0.2, -0.15) is 4.98 Å². The number of nitrogens with zero attached hydrogens (tertiary/aromatic N) is 5. The molecule has 0 aliphatic heterocycles. The van der Waals surface area contributed by atoms with Crippen molar-refractivity contribution < 1.29 is 26.4 Å². The van der Waals surface area contributed by atoms with Crippen LogP contribution in [-0.2, 0) is 18.4 Å². The van der Waals surface area contributed by atoms with Crippen LogP contribution in [0.5, 0.6) is 0 Å². The summed E-state index contributed by atoms with van der Waals surface area (Å²) in [4.78, 5) is 16.2. The first-order valence-corrected chi connectivity index (χ1v) is 7.37. The Balaban J connectivity index is 0.00000208. The predicted molar refractivity (Wildman–Crippen MR) is 89.2 cm³/mol. The molecule has 128 valence electrons. The highest BCUT2D eigenvalue weighted by Gasteiger charge is 2.23. The minimum absolute atomic E-state index is 0. The van der Waals surface area contributed by atoms with Crippen LogP contribution in [0.4, 0.5) is 11.8 Å². The summed E-state index contributed by atoms with van der Waals surface area (Å²) in [6, 6.07) is 10.3. The molecule has 1 aromatic carbocycles. The topological polar surface area (TPSA) is 59.1 Å². The van der Waals surface area contributed by atoms with Crippen LogP contribution in [0.25, 0.3) is 11.2 Å². The lowest BCUT2D eigenvalue weighted by molar-refractivity contribution is -0.647. The molecule has 2 aromatic heterocycles. The second kappa shape index (κ2) is 7.59. The van der Waals surface area contributed by atoms with Crippen molar-refractivity contribution in [2.75, 3.05) is 31.6 Å². The molecule has 3 aromatic rings. The normalized spacial score (nSPS) is 10.5. The number of hydrogen-bond acceptors (Lipinski definition) is 5. The molecule has 0 aliphatic rings. The molecule has 0 fully saturated rings. The molecule has 0 spiro atoms. The number of halogens is 1. The summed E-state index contributed by atoms with van der Waals surface area (Å²) in [7, 11) is 7.39. The summed E-state index contributed by atoms with van der Waals surface area (Å²) < 4.78 is 4.11. The Hall–Kier alpha value is -2.19. The van der Waals surface area contributed by atoms with Crippen LogP contribution in [-0.4, -0.2) is 35.7 Å². The Morgan fingerprint density at radius 3 is 2.54 bits per heavy atom. The molecule has 0 bridgehead atoms. The lowest BCUT2D eigenvalue weighted by Gasteiger charge is -2.09. The zero-order valence-electron chi connectivity index (χ0n) is 14.2. The fraction of sp³-hybridized carbons (Fsp3) is 0.312. The standard InChI is InChI=1S/C16H21N6O.BrH/c1-20(2)16-17-14(19-23-4)13-15(18-16)21(3)11-22(13)10-12-8-6-5-7-9-12;/h5-9,11H,10H2,1-4H3,(H,17,18,19);1H/q+1;/p-1. The van der Waals surface area contributed by atoms with Gasteiger partial charge >= 0.3 is 11.6 Å². The molecule has 0 amide bonds. The van der Waals surface area contributed by atoms with Crippen LogP contribution in [0.1, 0.15) is 5.56 Å². The predicted octanol–water partition coefficient (Wildman–Crippen LogP) is -1.65. The zero-order valence-corrected chi connectivity index (χ0v) is 15.8. The number of hydrogen-bond donors (Lipinski definition) is 1. The van der Waals surface area contributed by atoms with Crippen molar-refractivity contribution in [1.29, 1.82) is 0 Å². The van der Waals surface area contributed by atoms with Gasteiger partial charge in [0.1, 0.15) is 0 Å². The fourth-order valence-corrected chi connectivity index (χ4v) is 2.53. The molecule has 3 rings (SSSR count). The van der Waals surface area contributed by atoms with Crippen LogP contribution in [0.2, 0.25) is 0 Å². The van der Waals surface area contributed by atoms with E-state index >= 15 is 0 Å². The maximum absolute atomic E-state index is 5.10. The molecular formula is C16H21BrN6O. The number of aromatic nitrogens is 4. The zero-order chi connectivity index (χ0) is 16.4. The molecular weight excluding hydrogens is 372 g/mol. The average molecular weight is 393 g/mol. The van der Waals surface area contributed by atoms with E-state index in [1.165, 1.54) is 5.56 Å².